The minimum absolute atomic E-state index is 0.0405. The molecule has 2 fully saturated rings. The average molecular weight is 601 g/mol. The zero-order valence-corrected chi connectivity index (χ0v) is 23.0. The molecule has 0 radical (unpaired) electrons. The van der Waals surface area contributed by atoms with Gasteiger partial charge in [-0.05, 0) is 52.8 Å². The monoisotopic (exact) mass is 600 g/mol. The molecule has 2 aromatic carbocycles. The number of hydrogen-bond donors (Lipinski definition) is 7. The molecule has 13 heteroatoms. The zero-order chi connectivity index (χ0) is 31.4. The van der Waals surface area contributed by atoms with Crippen LogP contribution in [0.4, 0.5) is 0 Å². The summed E-state index contributed by atoms with van der Waals surface area (Å²) >= 11 is 0. The first-order valence-corrected chi connectivity index (χ1v) is 13.8. The molecule has 0 aromatic heterocycles. The summed E-state index contributed by atoms with van der Waals surface area (Å²) in [5.41, 5.74) is -2.85. The van der Waals surface area contributed by atoms with Crippen LogP contribution in [0.1, 0.15) is 42.4 Å². The third kappa shape index (κ3) is 5.11. The van der Waals surface area contributed by atoms with E-state index in [0.29, 0.717) is 5.56 Å². The summed E-state index contributed by atoms with van der Waals surface area (Å²) in [4.78, 5) is 52.0. The van der Waals surface area contributed by atoms with Gasteiger partial charge in [0.05, 0.1) is 42.8 Å². The van der Waals surface area contributed by atoms with E-state index in [1.54, 1.807) is 6.92 Å². The maximum Gasteiger partial charge on any atom is 0.321 e. The Kier molecular flexibility index (Phi) is 8.15. The second-order valence-corrected chi connectivity index (χ2v) is 11.4. The Bertz CT molecular complexity index is 1560. The standard InChI is InChI=1S/C30H32O13/c1-12-20(11-31)43-27(26(37)23(12)34)42-5-4-30(28(38)39,29(40)41)10-15-7-13-6-14-9-19(33)21(24(14)35)16-2-3-18(32)22(25(15)36)17(16)8-13/h2-3,6-8,12,19-21,23,26-27,31-34,37H,4-5,9-11H2,1H3,(H,38,39)(H,40,41)/b14-6+. The van der Waals surface area contributed by atoms with Crippen molar-refractivity contribution in [3.8, 4) is 5.75 Å². The second-order valence-electron chi connectivity index (χ2n) is 11.4. The maximum atomic E-state index is 13.8. The van der Waals surface area contributed by atoms with Gasteiger partial charge in [-0.25, -0.2) is 0 Å². The highest BCUT2D eigenvalue weighted by Gasteiger charge is 2.48. The number of rotatable bonds is 9. The predicted molar refractivity (Wildman–Crippen MR) is 147 cm³/mol. The molecule has 13 nitrogen and oxygen atoms in total. The van der Waals surface area contributed by atoms with Crippen LogP contribution >= 0.6 is 0 Å². The van der Waals surface area contributed by atoms with Gasteiger partial charge < -0.3 is 45.2 Å². The normalized spacial score (nSPS) is 29.7. The Morgan fingerprint density at radius 1 is 1.07 bits per heavy atom. The van der Waals surface area contributed by atoms with Crippen molar-refractivity contribution in [1.82, 2.24) is 0 Å². The van der Waals surface area contributed by atoms with Crippen LogP contribution in [-0.2, 0) is 30.3 Å². The summed E-state index contributed by atoms with van der Waals surface area (Å²) in [6.45, 7) is 0.459. The number of carbonyl (C=O) groups excluding carboxylic acids is 1. The molecule has 1 saturated heterocycles. The Labute approximate surface area is 244 Å². The van der Waals surface area contributed by atoms with Gasteiger partial charge >= 0.3 is 11.9 Å². The summed E-state index contributed by atoms with van der Waals surface area (Å²) in [5, 5.41) is 71.7. The fourth-order valence-electron chi connectivity index (χ4n) is 6.27. The number of hydrogen-bond acceptors (Lipinski definition) is 11. The van der Waals surface area contributed by atoms with Crippen LogP contribution in [-0.4, -0.2) is 97.4 Å². The third-order valence-electron chi connectivity index (χ3n) is 8.88. The van der Waals surface area contributed by atoms with Gasteiger partial charge in [-0.3, -0.25) is 19.2 Å². The van der Waals surface area contributed by atoms with E-state index in [2.05, 4.69) is 0 Å². The Morgan fingerprint density at radius 2 is 1.77 bits per heavy atom. The first-order chi connectivity index (χ1) is 20.3. The van der Waals surface area contributed by atoms with Crippen molar-refractivity contribution in [3.63, 3.8) is 0 Å². The summed E-state index contributed by atoms with van der Waals surface area (Å²) in [5.74, 6) is -5.99. The lowest BCUT2D eigenvalue weighted by atomic mass is 9.78. The number of carbonyl (C=O) groups is 3. The molecule has 43 heavy (non-hydrogen) atoms. The number of ether oxygens (including phenoxy) is 2. The average Bonchev–Trinajstić information content (AvgIpc) is 3.16. The Balaban J connectivity index is 1.54. The van der Waals surface area contributed by atoms with Crippen LogP contribution in [0.2, 0.25) is 0 Å². The highest BCUT2D eigenvalue weighted by molar-refractivity contribution is 6.10. The van der Waals surface area contributed by atoms with E-state index in [1.165, 1.54) is 30.3 Å². The van der Waals surface area contributed by atoms with Crippen LogP contribution in [0, 0.1) is 11.3 Å². The first kappa shape index (κ1) is 30.7. The molecule has 4 bridgehead atoms. The molecule has 3 aliphatic rings. The lowest BCUT2D eigenvalue weighted by Gasteiger charge is -2.40. The quantitative estimate of drug-likeness (QED) is 0.187. The molecule has 2 aliphatic carbocycles. The summed E-state index contributed by atoms with van der Waals surface area (Å²) in [6.07, 6.45) is -6.37. The van der Waals surface area contributed by atoms with Crippen LogP contribution in [0.5, 0.6) is 5.75 Å². The predicted octanol–water partition coefficient (Wildman–Crippen LogP) is -0.100. The SMILES string of the molecule is CC1C(CO)OC(OCCC(Cc2cc3cc4c(ccc(O)c4c2=O)C2C(=O)/C(=C/3)CC2O)(C(=O)O)C(=O)O)C(O)C1O. The molecule has 2 aromatic rings. The number of Topliss-reactive ketones (excluding diaryl/α,β-unsaturated/α-hetero) is 1. The van der Waals surface area contributed by atoms with Gasteiger partial charge in [0.25, 0.3) is 0 Å². The number of aliphatic hydroxyl groups is 4. The number of phenols is 1. The number of ketones is 1. The van der Waals surface area contributed by atoms with Crippen LogP contribution < -0.4 is 5.43 Å². The van der Waals surface area contributed by atoms with Crippen LogP contribution in [0.3, 0.4) is 0 Å². The fraction of sp³-hybridized carbons (Fsp3) is 0.467. The smallest absolute Gasteiger partial charge is 0.321 e. The molecule has 0 spiro atoms. The Morgan fingerprint density at radius 3 is 2.42 bits per heavy atom. The van der Waals surface area contributed by atoms with Crippen molar-refractivity contribution in [2.45, 2.75) is 62.8 Å². The molecule has 0 amide bonds. The summed E-state index contributed by atoms with van der Waals surface area (Å²) < 4.78 is 10.9. The van der Waals surface area contributed by atoms with Crippen molar-refractivity contribution in [1.29, 1.82) is 0 Å². The van der Waals surface area contributed by atoms with Gasteiger partial charge in [0.15, 0.2) is 22.9 Å². The molecule has 7 unspecified atom stereocenters. The highest BCUT2D eigenvalue weighted by Crippen LogP contribution is 2.42. The summed E-state index contributed by atoms with van der Waals surface area (Å²) in [7, 11) is 0. The van der Waals surface area contributed by atoms with Crippen molar-refractivity contribution >= 4 is 34.6 Å². The molecule has 7 N–H and O–H groups in total. The number of carboxylic acids is 2. The first-order valence-electron chi connectivity index (χ1n) is 13.8. The molecule has 5 rings (SSSR count). The van der Waals surface area contributed by atoms with Crippen molar-refractivity contribution in [3.05, 3.63) is 56.8 Å². The molecular weight excluding hydrogens is 568 g/mol. The number of fused-ring (bicyclic) bond motifs is 4. The number of aromatic hydroxyl groups is 1. The fourth-order valence-corrected chi connectivity index (χ4v) is 6.27. The van der Waals surface area contributed by atoms with Crippen LogP contribution in [0.15, 0.2) is 34.6 Å². The highest BCUT2D eigenvalue weighted by atomic mass is 16.7. The lowest BCUT2D eigenvalue weighted by molar-refractivity contribution is -0.289. The van der Waals surface area contributed by atoms with E-state index in [-0.39, 0.29) is 39.7 Å². The van der Waals surface area contributed by atoms with Gasteiger partial charge in [-0.1, -0.05) is 13.0 Å². The zero-order valence-electron chi connectivity index (χ0n) is 23.0. The molecule has 1 saturated carbocycles. The molecule has 7 atom stereocenters. The van der Waals surface area contributed by atoms with E-state index in [0.717, 1.165) is 0 Å². The van der Waals surface area contributed by atoms with Crippen molar-refractivity contribution < 1.29 is 59.6 Å². The van der Waals surface area contributed by atoms with E-state index in [9.17, 15) is 54.9 Å². The third-order valence-corrected chi connectivity index (χ3v) is 8.88. The minimum atomic E-state index is -2.62. The van der Waals surface area contributed by atoms with E-state index < -0.39 is 97.1 Å². The van der Waals surface area contributed by atoms with Gasteiger partial charge in [0, 0.05) is 24.3 Å². The van der Waals surface area contributed by atoms with E-state index in [1.807, 2.05) is 0 Å². The number of phenolic OH excluding ortho intramolecular Hbond substituents is 1. The number of carboxylic acid groups (broad SMARTS) is 2. The lowest BCUT2D eigenvalue weighted by Crippen LogP contribution is -2.55. The van der Waals surface area contributed by atoms with Crippen molar-refractivity contribution in [2.24, 2.45) is 11.3 Å². The molecule has 1 heterocycles. The summed E-state index contributed by atoms with van der Waals surface area (Å²) in [6, 6.07) is 5.45. The van der Waals surface area contributed by atoms with E-state index >= 15 is 0 Å². The van der Waals surface area contributed by atoms with E-state index in [4.69, 9.17) is 9.47 Å². The number of aliphatic carboxylic acids is 2. The largest absolute Gasteiger partial charge is 0.507 e. The molecule has 230 valence electrons. The van der Waals surface area contributed by atoms with Gasteiger partial charge in [-0.15, -0.1) is 0 Å². The van der Waals surface area contributed by atoms with Gasteiger partial charge in [-0.2, -0.15) is 0 Å². The Hall–Kier alpha value is -3.72. The minimum Gasteiger partial charge on any atom is -0.507 e. The maximum absolute atomic E-state index is 13.8. The van der Waals surface area contributed by atoms with Crippen LogP contribution in [0.25, 0.3) is 16.8 Å². The number of aliphatic hydroxyl groups excluding tert-OH is 4. The van der Waals surface area contributed by atoms with Gasteiger partial charge in [0.1, 0.15) is 11.9 Å². The molecule has 1 aliphatic heterocycles. The number of benzene rings is 1. The van der Waals surface area contributed by atoms with Crippen molar-refractivity contribution in [2.75, 3.05) is 13.2 Å². The molecular formula is C30H32O13. The second kappa shape index (κ2) is 11.4. The topological polar surface area (TPSA) is 228 Å². The van der Waals surface area contributed by atoms with Gasteiger partial charge in [0.2, 0.25) is 0 Å².